The molecule has 4 amide bonds. The molecule has 0 bridgehead atoms. The van der Waals surface area contributed by atoms with E-state index in [0.29, 0.717) is 33.9 Å². The zero-order valence-electron chi connectivity index (χ0n) is 33.6. The van der Waals surface area contributed by atoms with E-state index in [1.165, 1.54) is 12.0 Å². The van der Waals surface area contributed by atoms with Crippen LogP contribution >= 0.6 is 0 Å². The average Bonchev–Trinajstić information content (AvgIpc) is 3.65. The molecular weight excluding hydrogens is 757 g/mol. The smallest absolute Gasteiger partial charge is 0.260 e. The summed E-state index contributed by atoms with van der Waals surface area (Å²) in [5.41, 5.74) is 7.57. The number of hydrazine groups is 1. The molecule has 0 unspecified atom stereocenters. The minimum absolute atomic E-state index is 0.126. The van der Waals surface area contributed by atoms with Crippen molar-refractivity contribution in [1.82, 2.24) is 5.01 Å². The molecule has 0 radical (unpaired) electrons. The molecule has 12 heteroatoms. The Kier molecular flexibility index (Phi) is 9.57. The maximum absolute atomic E-state index is 15.4. The number of nitrogens with one attached hydrogen (secondary N) is 1. The van der Waals surface area contributed by atoms with Crippen molar-refractivity contribution in [3.63, 3.8) is 0 Å². The summed E-state index contributed by atoms with van der Waals surface area (Å²) in [6, 6.07) is 36.2. The van der Waals surface area contributed by atoms with Crippen molar-refractivity contribution >= 4 is 52.1 Å². The van der Waals surface area contributed by atoms with Crippen molar-refractivity contribution in [2.45, 2.75) is 31.1 Å². The van der Waals surface area contributed by atoms with Crippen LogP contribution in [0.3, 0.4) is 0 Å². The molecular formula is C48H44N6O6. The molecule has 2 aliphatic heterocycles. The number of carbonyl (C=O) groups excluding carboxylic acids is 4. The van der Waals surface area contributed by atoms with Gasteiger partial charge in [0.25, 0.3) is 11.8 Å². The third-order valence-corrected chi connectivity index (χ3v) is 12.7. The molecule has 60 heavy (non-hydrogen) atoms. The van der Waals surface area contributed by atoms with Crippen LogP contribution in [0.15, 0.2) is 143 Å². The molecule has 0 spiro atoms. The van der Waals surface area contributed by atoms with Gasteiger partial charge in [-0.3, -0.25) is 29.5 Å². The zero-order valence-corrected chi connectivity index (χ0v) is 33.6. The first-order chi connectivity index (χ1) is 29.0. The molecule has 12 nitrogen and oxygen atoms in total. The first-order valence-corrected chi connectivity index (χ1v) is 20.0. The Morgan fingerprint density at radius 1 is 0.767 bits per heavy atom. The number of phenolic OH excluding ortho intramolecular Hbond substituents is 1. The molecule has 9 rings (SSSR count). The number of nitrogens with zero attached hydrogens (tertiary/aromatic N) is 5. The van der Waals surface area contributed by atoms with E-state index in [2.05, 4.69) is 15.7 Å². The third-order valence-electron chi connectivity index (χ3n) is 12.7. The summed E-state index contributed by atoms with van der Waals surface area (Å²) in [5.74, 6) is -5.56. The van der Waals surface area contributed by atoms with Crippen molar-refractivity contribution in [3.05, 3.63) is 150 Å². The van der Waals surface area contributed by atoms with Crippen LogP contribution in [0, 0.1) is 30.6 Å². The molecule has 5 aromatic carbocycles. The second kappa shape index (κ2) is 14.9. The number of imide groups is 2. The number of aromatic hydroxyl groups is 1. The van der Waals surface area contributed by atoms with E-state index in [9.17, 15) is 19.5 Å². The lowest BCUT2D eigenvalue weighted by atomic mass is 9.49. The number of azo groups is 1. The SMILES string of the molecule is COc1cccc([C@H]2C3=CC[C@@H]4C(=O)N(c5ccc(N=Nc6ccc(N(C)C)cc6)cc5)C(=O)[C@@H]4[C@@H]3C[C@H]3C(=O)N(Nc4ccc(C)cc4)C(=O)[C@@]23c2ccccc2)c1O. The molecule has 3 fully saturated rings. The molecule has 0 aromatic heterocycles. The lowest BCUT2D eigenvalue weighted by molar-refractivity contribution is -0.138. The minimum Gasteiger partial charge on any atom is -0.504 e. The monoisotopic (exact) mass is 800 g/mol. The van der Waals surface area contributed by atoms with E-state index in [0.717, 1.165) is 21.8 Å². The lowest BCUT2D eigenvalue weighted by Crippen LogP contribution is -2.53. The van der Waals surface area contributed by atoms with E-state index >= 15 is 4.79 Å². The zero-order chi connectivity index (χ0) is 41.9. The summed E-state index contributed by atoms with van der Waals surface area (Å²) in [6.07, 6.45) is 2.33. The Labute approximate surface area is 347 Å². The van der Waals surface area contributed by atoms with Crippen molar-refractivity contribution in [2.24, 2.45) is 33.9 Å². The molecule has 4 aliphatic rings. The fourth-order valence-electron chi connectivity index (χ4n) is 9.88. The van der Waals surface area contributed by atoms with E-state index in [1.807, 2.05) is 111 Å². The highest BCUT2D eigenvalue weighted by atomic mass is 16.5. The fourth-order valence-corrected chi connectivity index (χ4v) is 9.88. The molecule has 2 heterocycles. The average molecular weight is 801 g/mol. The second-order valence-corrected chi connectivity index (χ2v) is 16.1. The molecule has 5 aromatic rings. The topological polar surface area (TPSA) is 144 Å². The number of amides is 4. The molecule has 1 saturated carbocycles. The predicted molar refractivity (Wildman–Crippen MR) is 227 cm³/mol. The van der Waals surface area contributed by atoms with Gasteiger partial charge < -0.3 is 14.7 Å². The van der Waals surface area contributed by atoms with Gasteiger partial charge in [-0.15, -0.1) is 0 Å². The number of allylic oxidation sites excluding steroid dienone is 2. The van der Waals surface area contributed by atoms with Gasteiger partial charge in [-0.25, -0.2) is 0 Å². The molecule has 2 saturated heterocycles. The molecule has 6 atom stereocenters. The number of hydrogen-bond donors (Lipinski definition) is 2. The number of anilines is 3. The van der Waals surface area contributed by atoms with Crippen LogP contribution in [0.5, 0.6) is 11.5 Å². The largest absolute Gasteiger partial charge is 0.504 e. The predicted octanol–water partition coefficient (Wildman–Crippen LogP) is 8.38. The maximum atomic E-state index is 15.4. The standard InChI is InChI=1S/C48H44N6O6/c1-28-13-15-32(16-14-28)51-54-45(57)39-27-38-35(42(37-11-8-12-40(60-4)43(37)55)48(39,47(54)59)29-9-6-5-7-10-29)25-26-36-41(38)46(58)53(44(36)56)34-23-19-31(20-24-34)50-49-30-17-21-33(22-18-30)52(2)3/h5-25,36,38-39,41-42,51,55H,26-27H2,1-4H3/t36-,38+,39-,41-,42+,48+/m0/s1. The molecule has 2 aliphatic carbocycles. The van der Waals surface area contributed by atoms with Crippen molar-refractivity contribution in [3.8, 4) is 11.5 Å². The number of rotatable bonds is 9. The Balaban J connectivity index is 1.11. The van der Waals surface area contributed by atoms with Gasteiger partial charge >= 0.3 is 0 Å². The Morgan fingerprint density at radius 2 is 1.43 bits per heavy atom. The van der Waals surface area contributed by atoms with Gasteiger partial charge in [0.05, 0.1) is 53.0 Å². The van der Waals surface area contributed by atoms with Gasteiger partial charge in [0.2, 0.25) is 11.8 Å². The van der Waals surface area contributed by atoms with E-state index in [-0.39, 0.29) is 36.2 Å². The molecule has 2 N–H and O–H groups in total. The summed E-state index contributed by atoms with van der Waals surface area (Å²) in [5, 5.41) is 21.7. The highest BCUT2D eigenvalue weighted by Crippen LogP contribution is 2.65. The van der Waals surface area contributed by atoms with Crippen LogP contribution in [0.1, 0.15) is 35.4 Å². The maximum Gasteiger partial charge on any atom is 0.260 e. The number of fused-ring (bicyclic) bond motifs is 4. The Morgan fingerprint density at radius 3 is 2.08 bits per heavy atom. The highest BCUT2D eigenvalue weighted by Gasteiger charge is 2.70. The van der Waals surface area contributed by atoms with Crippen LogP contribution in [0.4, 0.5) is 28.4 Å². The number of hydrogen-bond acceptors (Lipinski definition) is 10. The number of phenols is 1. The summed E-state index contributed by atoms with van der Waals surface area (Å²) < 4.78 is 5.58. The summed E-state index contributed by atoms with van der Waals surface area (Å²) >= 11 is 0. The van der Waals surface area contributed by atoms with Crippen LogP contribution in [-0.2, 0) is 24.6 Å². The summed E-state index contributed by atoms with van der Waals surface area (Å²) in [4.78, 5) is 62.7. The van der Waals surface area contributed by atoms with Crippen LogP contribution < -0.4 is 20.0 Å². The van der Waals surface area contributed by atoms with E-state index in [1.54, 1.807) is 42.5 Å². The number of methoxy groups -OCH3 is 1. The van der Waals surface area contributed by atoms with Crippen molar-refractivity contribution in [2.75, 3.05) is 36.4 Å². The fraction of sp³-hybridized carbons (Fsp3) is 0.250. The highest BCUT2D eigenvalue weighted by molar-refractivity contribution is 6.22. The first kappa shape index (κ1) is 38.4. The quantitative estimate of drug-likeness (QED) is 0.0860. The van der Waals surface area contributed by atoms with Gasteiger partial charge in [-0.05, 0) is 98.0 Å². The number of ether oxygens (including phenoxy) is 1. The van der Waals surface area contributed by atoms with Gasteiger partial charge in [0.1, 0.15) is 0 Å². The third kappa shape index (κ3) is 6.04. The molecule has 302 valence electrons. The Hall–Kier alpha value is -7.08. The van der Waals surface area contributed by atoms with Crippen LogP contribution in [0.25, 0.3) is 0 Å². The number of aryl methyl sites for hydroxylation is 1. The lowest BCUT2D eigenvalue weighted by Gasteiger charge is -2.50. The van der Waals surface area contributed by atoms with Crippen LogP contribution in [0.2, 0.25) is 0 Å². The van der Waals surface area contributed by atoms with E-state index < -0.39 is 46.8 Å². The minimum atomic E-state index is -1.53. The van der Waals surface area contributed by atoms with Gasteiger partial charge in [0, 0.05) is 31.3 Å². The summed E-state index contributed by atoms with van der Waals surface area (Å²) in [6.45, 7) is 1.95. The van der Waals surface area contributed by atoms with Gasteiger partial charge in [0.15, 0.2) is 11.5 Å². The van der Waals surface area contributed by atoms with Crippen molar-refractivity contribution in [1.29, 1.82) is 0 Å². The van der Waals surface area contributed by atoms with Gasteiger partial charge in [-0.2, -0.15) is 15.2 Å². The number of carbonyl (C=O) groups is 4. The normalized spacial score (nSPS) is 24.6. The van der Waals surface area contributed by atoms with Crippen LogP contribution in [-0.4, -0.2) is 54.9 Å². The van der Waals surface area contributed by atoms with Crippen molar-refractivity contribution < 1.29 is 29.0 Å². The van der Waals surface area contributed by atoms with Gasteiger partial charge in [-0.1, -0.05) is 71.8 Å². The number of benzene rings is 5. The van der Waals surface area contributed by atoms with E-state index in [4.69, 9.17) is 4.74 Å². The first-order valence-electron chi connectivity index (χ1n) is 20.0. The number of para-hydroxylation sites is 1. The summed E-state index contributed by atoms with van der Waals surface area (Å²) in [7, 11) is 5.38. The second-order valence-electron chi connectivity index (χ2n) is 16.1. The Bertz CT molecular complexity index is 2570.